The molecule has 1 saturated heterocycles. The van der Waals surface area contributed by atoms with Gasteiger partial charge < -0.3 is 25.8 Å². The molecule has 0 atom stereocenters. The topological polar surface area (TPSA) is 85.4 Å². The Morgan fingerprint density at radius 2 is 1.74 bits per heavy atom. The third kappa shape index (κ3) is 6.08. The third-order valence-electron chi connectivity index (χ3n) is 5.60. The minimum Gasteiger partial charge on any atom is -0.369 e. The van der Waals surface area contributed by atoms with Crippen LogP contribution in [-0.4, -0.2) is 54.0 Å². The van der Waals surface area contributed by atoms with Gasteiger partial charge in [-0.25, -0.2) is 9.37 Å². The fourth-order valence-electron chi connectivity index (χ4n) is 3.59. The maximum Gasteiger partial charge on any atom is 0.247 e. The van der Waals surface area contributed by atoms with Crippen LogP contribution in [0, 0.1) is 5.82 Å². The van der Waals surface area contributed by atoms with Crippen LogP contribution in [0.1, 0.15) is 5.56 Å². The first-order chi connectivity index (χ1) is 16.5. The molecule has 1 aliphatic heterocycles. The molecule has 1 aliphatic rings. The van der Waals surface area contributed by atoms with Crippen molar-refractivity contribution in [2.45, 2.75) is 6.54 Å². The summed E-state index contributed by atoms with van der Waals surface area (Å²) in [5.74, 6) is -0.400. The van der Waals surface area contributed by atoms with Gasteiger partial charge in [-0.15, -0.1) is 0 Å². The summed E-state index contributed by atoms with van der Waals surface area (Å²) in [7, 11) is 2.14. The van der Waals surface area contributed by atoms with Crippen LogP contribution >= 0.6 is 0 Å². The molecule has 1 aromatic heterocycles. The highest BCUT2D eigenvalue weighted by Crippen LogP contribution is 2.22. The van der Waals surface area contributed by atoms with Crippen LogP contribution in [0.5, 0.6) is 0 Å². The molecule has 3 N–H and O–H groups in total. The van der Waals surface area contributed by atoms with Crippen LogP contribution < -0.4 is 20.9 Å². The molecule has 0 radical (unpaired) electrons. The zero-order valence-corrected chi connectivity index (χ0v) is 19.1. The van der Waals surface area contributed by atoms with E-state index in [9.17, 15) is 9.18 Å². The summed E-state index contributed by atoms with van der Waals surface area (Å²) in [5.41, 5.74) is 3.57. The second-order valence-corrected chi connectivity index (χ2v) is 8.10. The zero-order valence-electron chi connectivity index (χ0n) is 19.1. The molecule has 1 fully saturated rings. The quantitative estimate of drug-likeness (QED) is 0.440. The second kappa shape index (κ2) is 10.8. The SMILES string of the molecule is C=CC(=O)Nc1ccc(CNc2nc(Nc3ccc(N4CCN(C)CC4)cc3)ncc2F)cc1. The maximum absolute atomic E-state index is 14.3. The first-order valence-electron chi connectivity index (χ1n) is 11.1. The van der Waals surface area contributed by atoms with Gasteiger partial charge in [0, 0.05) is 49.8 Å². The van der Waals surface area contributed by atoms with Crippen molar-refractivity contribution in [1.29, 1.82) is 0 Å². The molecular weight excluding hydrogens is 433 g/mol. The maximum atomic E-state index is 14.3. The fraction of sp³-hybridized carbons (Fsp3) is 0.240. The van der Waals surface area contributed by atoms with Gasteiger partial charge in [0.2, 0.25) is 11.9 Å². The molecule has 0 unspecified atom stereocenters. The van der Waals surface area contributed by atoms with Gasteiger partial charge in [0.25, 0.3) is 0 Å². The first-order valence-corrected chi connectivity index (χ1v) is 11.1. The Bertz CT molecular complexity index is 1130. The molecular formula is C25H28FN7O. The zero-order chi connectivity index (χ0) is 23.9. The lowest BCUT2D eigenvalue weighted by Crippen LogP contribution is -2.44. The van der Waals surface area contributed by atoms with Crippen molar-refractivity contribution in [3.8, 4) is 0 Å². The predicted molar refractivity (Wildman–Crippen MR) is 134 cm³/mol. The monoisotopic (exact) mass is 461 g/mol. The number of halogens is 1. The highest BCUT2D eigenvalue weighted by Gasteiger charge is 2.14. The van der Waals surface area contributed by atoms with E-state index < -0.39 is 5.82 Å². The van der Waals surface area contributed by atoms with Gasteiger partial charge in [-0.3, -0.25) is 4.79 Å². The summed E-state index contributed by atoms with van der Waals surface area (Å²) < 4.78 is 14.3. The van der Waals surface area contributed by atoms with Crippen LogP contribution in [0.15, 0.2) is 67.4 Å². The number of hydrogen-bond acceptors (Lipinski definition) is 7. The van der Waals surface area contributed by atoms with Crippen molar-refractivity contribution < 1.29 is 9.18 Å². The summed E-state index contributed by atoms with van der Waals surface area (Å²) in [5, 5.41) is 8.82. The van der Waals surface area contributed by atoms with Crippen molar-refractivity contribution in [2.24, 2.45) is 0 Å². The predicted octanol–water partition coefficient (Wildman–Crippen LogP) is 3.85. The van der Waals surface area contributed by atoms with Crippen molar-refractivity contribution in [2.75, 3.05) is 54.1 Å². The number of likely N-dealkylation sites (N-methyl/N-ethyl adjacent to an activating group) is 1. The number of amides is 1. The smallest absolute Gasteiger partial charge is 0.247 e. The largest absolute Gasteiger partial charge is 0.369 e. The number of aromatic nitrogens is 2. The third-order valence-corrected chi connectivity index (χ3v) is 5.60. The second-order valence-electron chi connectivity index (χ2n) is 8.10. The summed E-state index contributed by atoms with van der Waals surface area (Å²) >= 11 is 0. The number of anilines is 5. The van der Waals surface area contributed by atoms with Crippen LogP contribution in [0.2, 0.25) is 0 Å². The van der Waals surface area contributed by atoms with E-state index in [1.807, 2.05) is 24.3 Å². The highest BCUT2D eigenvalue weighted by atomic mass is 19.1. The minimum atomic E-state index is -0.536. The molecule has 2 aromatic carbocycles. The number of rotatable bonds is 8. The molecule has 4 rings (SSSR count). The lowest BCUT2D eigenvalue weighted by Gasteiger charge is -2.34. The average molecular weight is 462 g/mol. The van der Waals surface area contributed by atoms with Gasteiger partial charge in [0.1, 0.15) is 0 Å². The molecule has 8 nitrogen and oxygen atoms in total. The van der Waals surface area contributed by atoms with Gasteiger partial charge in [0.15, 0.2) is 11.6 Å². The van der Waals surface area contributed by atoms with Crippen molar-refractivity contribution in [3.05, 3.63) is 78.8 Å². The van der Waals surface area contributed by atoms with Crippen molar-refractivity contribution in [3.63, 3.8) is 0 Å². The molecule has 0 saturated carbocycles. The molecule has 2 heterocycles. The van der Waals surface area contributed by atoms with Gasteiger partial charge >= 0.3 is 0 Å². The summed E-state index contributed by atoms with van der Waals surface area (Å²) in [6, 6.07) is 15.3. The van der Waals surface area contributed by atoms with Gasteiger partial charge in [-0.1, -0.05) is 18.7 Å². The number of hydrogen-bond donors (Lipinski definition) is 3. The Balaban J connectivity index is 1.35. The van der Waals surface area contributed by atoms with E-state index in [1.165, 1.54) is 11.8 Å². The molecule has 34 heavy (non-hydrogen) atoms. The first kappa shape index (κ1) is 23.2. The average Bonchev–Trinajstić information content (AvgIpc) is 2.86. The molecule has 176 valence electrons. The van der Waals surface area contributed by atoms with E-state index >= 15 is 0 Å². The lowest BCUT2D eigenvalue weighted by molar-refractivity contribution is -0.111. The highest BCUT2D eigenvalue weighted by molar-refractivity contribution is 5.98. The van der Waals surface area contributed by atoms with Crippen LogP contribution in [0.4, 0.5) is 33.2 Å². The fourth-order valence-corrected chi connectivity index (χ4v) is 3.59. The van der Waals surface area contributed by atoms with E-state index in [0.29, 0.717) is 18.2 Å². The van der Waals surface area contributed by atoms with E-state index in [0.717, 1.165) is 43.6 Å². The molecule has 3 aromatic rings. The Kier molecular flexibility index (Phi) is 7.34. The molecule has 0 bridgehead atoms. The number of nitrogens with one attached hydrogen (secondary N) is 3. The number of carbonyl (C=O) groups excluding carboxylic acids is 1. The number of benzene rings is 2. The van der Waals surface area contributed by atoms with Crippen molar-refractivity contribution >= 4 is 34.7 Å². The van der Waals surface area contributed by atoms with Crippen LogP contribution in [0.3, 0.4) is 0 Å². The Labute approximate surface area is 198 Å². The molecule has 1 amide bonds. The summed E-state index contributed by atoms with van der Waals surface area (Å²) in [6.07, 6.45) is 2.35. The van der Waals surface area contributed by atoms with Gasteiger partial charge in [0.05, 0.1) is 6.20 Å². The molecule has 0 aliphatic carbocycles. The number of carbonyl (C=O) groups is 1. The Morgan fingerprint density at radius 1 is 1.06 bits per heavy atom. The normalized spacial score (nSPS) is 13.9. The Hall–Kier alpha value is -3.98. The lowest BCUT2D eigenvalue weighted by atomic mass is 10.2. The minimum absolute atomic E-state index is 0.107. The van der Waals surface area contributed by atoms with Crippen LogP contribution in [0.25, 0.3) is 0 Å². The summed E-state index contributed by atoms with van der Waals surface area (Å²) in [6.45, 7) is 7.90. The Morgan fingerprint density at radius 3 is 2.41 bits per heavy atom. The van der Waals surface area contributed by atoms with E-state index in [1.54, 1.807) is 12.1 Å². The molecule has 9 heteroatoms. The van der Waals surface area contributed by atoms with E-state index in [-0.39, 0.29) is 11.7 Å². The standard InChI is InChI=1S/C25H28FN7O/c1-3-23(34)29-19-6-4-18(5-7-19)16-27-24-22(26)17-28-25(31-24)30-20-8-10-21(11-9-20)33-14-12-32(2)13-15-33/h3-11,17H,1,12-16H2,2H3,(H,29,34)(H2,27,28,30,31). The van der Waals surface area contributed by atoms with Crippen molar-refractivity contribution in [1.82, 2.24) is 14.9 Å². The summed E-state index contributed by atoms with van der Waals surface area (Å²) in [4.78, 5) is 24.4. The molecule has 0 spiro atoms. The van der Waals surface area contributed by atoms with Crippen LogP contribution in [-0.2, 0) is 11.3 Å². The number of nitrogens with zero attached hydrogens (tertiary/aromatic N) is 4. The van der Waals surface area contributed by atoms with Gasteiger partial charge in [-0.05, 0) is 55.1 Å². The number of piperazine rings is 1. The van der Waals surface area contributed by atoms with E-state index in [4.69, 9.17) is 0 Å². The van der Waals surface area contributed by atoms with Gasteiger partial charge in [-0.2, -0.15) is 4.98 Å². The van der Waals surface area contributed by atoms with E-state index in [2.05, 4.69) is 61.5 Å².